The molecule has 1 aromatic carbocycles. The number of fused-ring (bicyclic) bond motifs is 1. The molecule has 1 aliphatic carbocycles. The molecule has 0 saturated heterocycles. The van der Waals surface area contributed by atoms with Gasteiger partial charge in [0.2, 0.25) is 0 Å². The Hall–Kier alpha value is -0.640. The van der Waals surface area contributed by atoms with Crippen molar-refractivity contribution in [1.82, 2.24) is 5.32 Å². The maximum Gasteiger partial charge on any atom is 0.0701 e. The number of thiophene rings is 1. The van der Waals surface area contributed by atoms with Gasteiger partial charge < -0.3 is 5.32 Å². The van der Waals surface area contributed by atoms with Gasteiger partial charge in [0.05, 0.1) is 9.83 Å². The minimum atomic E-state index is 0.318. The molecule has 0 radical (unpaired) electrons. The fourth-order valence-electron chi connectivity index (χ4n) is 2.88. The third kappa shape index (κ3) is 2.78. The van der Waals surface area contributed by atoms with Gasteiger partial charge in [0.1, 0.15) is 0 Å². The zero-order valence-electron chi connectivity index (χ0n) is 11.1. The van der Waals surface area contributed by atoms with Crippen molar-refractivity contribution in [3.8, 4) is 0 Å². The van der Waals surface area contributed by atoms with E-state index in [1.807, 2.05) is 0 Å². The van der Waals surface area contributed by atoms with Gasteiger partial charge in [0.15, 0.2) is 0 Å². The van der Waals surface area contributed by atoms with Crippen molar-refractivity contribution >= 4 is 27.3 Å². The number of hydrogen-bond donors (Lipinski definition) is 1. The van der Waals surface area contributed by atoms with Gasteiger partial charge in [-0.1, -0.05) is 25.1 Å². The van der Waals surface area contributed by atoms with E-state index in [1.165, 1.54) is 34.2 Å². The van der Waals surface area contributed by atoms with Crippen LogP contribution < -0.4 is 5.32 Å². The van der Waals surface area contributed by atoms with Crippen LogP contribution >= 0.6 is 27.3 Å². The Balaban J connectivity index is 1.95. The lowest BCUT2D eigenvalue weighted by molar-refractivity contribution is 0.631. The molecular weight excluding hydrogens is 318 g/mol. The van der Waals surface area contributed by atoms with Crippen molar-refractivity contribution in [3.05, 3.63) is 55.7 Å². The fourth-order valence-corrected chi connectivity index (χ4v) is 4.08. The summed E-state index contributed by atoms with van der Waals surface area (Å²) in [5.74, 6) is 0. The van der Waals surface area contributed by atoms with Crippen molar-refractivity contribution in [3.63, 3.8) is 0 Å². The number of rotatable bonds is 4. The van der Waals surface area contributed by atoms with Gasteiger partial charge in [0.25, 0.3) is 0 Å². The quantitative estimate of drug-likeness (QED) is 0.853. The third-order valence-corrected chi connectivity index (χ3v) is 5.31. The third-order valence-electron chi connectivity index (χ3n) is 3.79. The van der Waals surface area contributed by atoms with Crippen LogP contribution in [0.5, 0.6) is 0 Å². The number of nitrogens with one attached hydrogen (secondary N) is 1. The first-order chi connectivity index (χ1) is 9.28. The van der Waals surface area contributed by atoms with E-state index in [1.54, 1.807) is 22.5 Å². The predicted molar refractivity (Wildman–Crippen MR) is 86.0 cm³/mol. The van der Waals surface area contributed by atoms with E-state index in [-0.39, 0.29) is 0 Å². The summed E-state index contributed by atoms with van der Waals surface area (Å²) < 4.78 is 1.20. The Morgan fingerprint density at radius 1 is 1.21 bits per heavy atom. The molecule has 1 nitrogen and oxygen atoms in total. The second-order valence-electron chi connectivity index (χ2n) is 5.06. The standard InChI is InChI=1S/C16H18BrNS/c1-2-18-16(14-9-15(17)19-10-14)13-7-6-11-4-3-5-12(11)8-13/h6-10,16,18H,2-5H2,1H3. The molecule has 0 bridgehead atoms. The van der Waals surface area contributed by atoms with Gasteiger partial charge in [0, 0.05) is 0 Å². The largest absolute Gasteiger partial charge is 0.307 e. The molecule has 1 N–H and O–H groups in total. The molecule has 0 spiro atoms. The van der Waals surface area contributed by atoms with Crippen LogP contribution in [-0.4, -0.2) is 6.54 Å². The highest BCUT2D eigenvalue weighted by Gasteiger charge is 2.17. The topological polar surface area (TPSA) is 12.0 Å². The lowest BCUT2D eigenvalue weighted by atomic mass is 9.97. The van der Waals surface area contributed by atoms with E-state index < -0.39 is 0 Å². The summed E-state index contributed by atoms with van der Waals surface area (Å²) in [5, 5.41) is 5.85. The first kappa shape index (κ1) is 13.3. The molecule has 1 aromatic heterocycles. The van der Waals surface area contributed by atoms with E-state index in [9.17, 15) is 0 Å². The van der Waals surface area contributed by atoms with Crippen molar-refractivity contribution in [1.29, 1.82) is 0 Å². The van der Waals surface area contributed by atoms with Crippen molar-refractivity contribution in [2.24, 2.45) is 0 Å². The highest BCUT2D eigenvalue weighted by atomic mass is 79.9. The molecule has 2 aromatic rings. The number of aryl methyl sites for hydroxylation is 2. The van der Waals surface area contributed by atoms with Crippen LogP contribution in [0.4, 0.5) is 0 Å². The van der Waals surface area contributed by atoms with Gasteiger partial charge >= 0.3 is 0 Å². The van der Waals surface area contributed by atoms with Crippen molar-refractivity contribution < 1.29 is 0 Å². The molecule has 0 saturated carbocycles. The summed E-state index contributed by atoms with van der Waals surface area (Å²) in [6, 6.07) is 9.57. The van der Waals surface area contributed by atoms with Crippen LogP contribution in [0.15, 0.2) is 33.4 Å². The van der Waals surface area contributed by atoms with E-state index in [4.69, 9.17) is 0 Å². The first-order valence-electron chi connectivity index (χ1n) is 6.87. The minimum absolute atomic E-state index is 0.318. The molecule has 0 amide bonds. The van der Waals surface area contributed by atoms with Crippen LogP contribution in [-0.2, 0) is 12.8 Å². The molecular formula is C16H18BrNS. The van der Waals surface area contributed by atoms with Crippen molar-refractivity contribution in [2.45, 2.75) is 32.2 Å². The van der Waals surface area contributed by atoms with Crippen LogP contribution in [0.2, 0.25) is 0 Å². The van der Waals surface area contributed by atoms with E-state index >= 15 is 0 Å². The minimum Gasteiger partial charge on any atom is -0.307 e. The Bertz CT molecular complexity index is 576. The summed E-state index contributed by atoms with van der Waals surface area (Å²) in [6.07, 6.45) is 3.81. The summed E-state index contributed by atoms with van der Waals surface area (Å²) in [6.45, 7) is 3.15. The predicted octanol–water partition coefficient (Wildman–Crippen LogP) is 4.70. The second kappa shape index (κ2) is 5.78. The van der Waals surface area contributed by atoms with Gasteiger partial charge in [-0.3, -0.25) is 0 Å². The molecule has 1 heterocycles. The number of hydrogen-bond acceptors (Lipinski definition) is 2. The molecule has 3 heteroatoms. The average Bonchev–Trinajstić information content (AvgIpc) is 3.03. The maximum absolute atomic E-state index is 3.61. The molecule has 0 fully saturated rings. The highest BCUT2D eigenvalue weighted by Crippen LogP contribution is 2.32. The molecule has 0 aliphatic heterocycles. The molecule has 100 valence electrons. The average molecular weight is 336 g/mol. The first-order valence-corrected chi connectivity index (χ1v) is 8.54. The lowest BCUT2D eigenvalue weighted by Crippen LogP contribution is -2.21. The molecule has 1 atom stereocenters. The van der Waals surface area contributed by atoms with Crippen LogP contribution in [0.25, 0.3) is 0 Å². The van der Waals surface area contributed by atoms with Gasteiger partial charge in [-0.15, -0.1) is 11.3 Å². The van der Waals surface area contributed by atoms with E-state index in [0.717, 1.165) is 6.54 Å². The van der Waals surface area contributed by atoms with Gasteiger partial charge in [-0.25, -0.2) is 0 Å². The van der Waals surface area contributed by atoms with Gasteiger partial charge in [-0.2, -0.15) is 0 Å². The zero-order chi connectivity index (χ0) is 13.2. The smallest absolute Gasteiger partial charge is 0.0701 e. The Kier molecular flexibility index (Phi) is 4.06. The van der Waals surface area contributed by atoms with Crippen molar-refractivity contribution in [2.75, 3.05) is 6.54 Å². The molecule has 1 unspecified atom stereocenters. The van der Waals surface area contributed by atoms with Crippen LogP contribution in [0.1, 0.15) is 41.6 Å². The Morgan fingerprint density at radius 3 is 2.79 bits per heavy atom. The van der Waals surface area contributed by atoms with E-state index in [2.05, 4.69) is 57.8 Å². The normalized spacial score (nSPS) is 15.5. The van der Waals surface area contributed by atoms with Crippen LogP contribution in [0, 0.1) is 0 Å². The number of halogens is 1. The summed E-state index contributed by atoms with van der Waals surface area (Å²) in [7, 11) is 0. The molecule has 1 aliphatic rings. The summed E-state index contributed by atoms with van der Waals surface area (Å²) in [5.41, 5.74) is 5.85. The fraction of sp³-hybridized carbons (Fsp3) is 0.375. The zero-order valence-corrected chi connectivity index (χ0v) is 13.5. The SMILES string of the molecule is CCNC(c1csc(Br)c1)c1ccc2c(c1)CCC2. The van der Waals surface area contributed by atoms with E-state index in [0.29, 0.717) is 6.04 Å². The number of benzene rings is 1. The molecule has 3 rings (SSSR count). The summed E-state index contributed by atoms with van der Waals surface area (Å²) in [4.78, 5) is 0. The lowest BCUT2D eigenvalue weighted by Gasteiger charge is -2.18. The van der Waals surface area contributed by atoms with Gasteiger partial charge in [-0.05, 0) is 75.4 Å². The molecule has 19 heavy (non-hydrogen) atoms. The second-order valence-corrected chi connectivity index (χ2v) is 7.35. The summed E-state index contributed by atoms with van der Waals surface area (Å²) >= 11 is 5.32. The maximum atomic E-state index is 3.61. The monoisotopic (exact) mass is 335 g/mol. The highest BCUT2D eigenvalue weighted by molar-refractivity contribution is 9.11. The Labute approximate surface area is 127 Å². The Morgan fingerprint density at radius 2 is 2.05 bits per heavy atom. The van der Waals surface area contributed by atoms with Crippen LogP contribution in [0.3, 0.4) is 0 Å².